The Morgan fingerprint density at radius 3 is 1.16 bits per heavy atom. The monoisotopic (exact) mass is 542 g/mol. The molecule has 2 heteroatoms. The molecule has 0 aliphatic heterocycles. The fourth-order valence-electron chi connectivity index (χ4n) is 13.3. The second-order valence-electron chi connectivity index (χ2n) is 18.3. The van der Waals surface area contributed by atoms with Crippen molar-refractivity contribution in [1.29, 1.82) is 0 Å². The fraction of sp³-hybridized carbons (Fsp3) is 1.00. The maximum atomic E-state index is 2.58. The average molecular weight is 543 g/mol. The topological polar surface area (TPSA) is 0 Å². The highest BCUT2D eigenvalue weighted by Gasteiger charge is 2.63. The summed E-state index contributed by atoms with van der Waals surface area (Å²) in [5.74, 6) is 8.97. The fourth-order valence-corrected chi connectivity index (χ4v) is 23.0. The number of rotatable bonds is 6. The van der Waals surface area contributed by atoms with Crippen LogP contribution < -0.4 is 0 Å². The molecule has 2 unspecified atom stereocenters. The number of hydrogen-bond acceptors (Lipinski definition) is 0. The van der Waals surface area contributed by atoms with Gasteiger partial charge in [-0.05, 0) is 170 Å². The van der Waals surface area contributed by atoms with Crippen molar-refractivity contribution in [3.05, 3.63) is 0 Å². The van der Waals surface area contributed by atoms with Gasteiger partial charge in [0.25, 0.3) is 0 Å². The van der Waals surface area contributed by atoms with Crippen molar-refractivity contribution in [2.45, 2.75) is 158 Å². The predicted octanol–water partition coefficient (Wildman–Crippen LogP) is 10.9. The van der Waals surface area contributed by atoms with Crippen LogP contribution in [0.1, 0.15) is 138 Å². The maximum absolute atomic E-state index is 2.58. The van der Waals surface area contributed by atoms with Crippen LogP contribution in [0.3, 0.4) is 0 Å². The van der Waals surface area contributed by atoms with Crippen LogP contribution in [0.25, 0.3) is 0 Å². The second-order valence-corrected chi connectivity index (χ2v) is 25.3. The molecule has 37 heavy (non-hydrogen) atoms. The smallest absolute Gasteiger partial charge is 0.00814 e. The summed E-state index contributed by atoms with van der Waals surface area (Å²) in [6.07, 6.45) is 28.0. The van der Waals surface area contributed by atoms with Gasteiger partial charge in [-0.2, -0.15) is 0 Å². The first kappa shape index (κ1) is 26.7. The molecule has 2 atom stereocenters. The molecule has 9 saturated carbocycles. The molecule has 0 saturated heterocycles. The zero-order valence-corrected chi connectivity index (χ0v) is 27.3. The third-order valence-corrected chi connectivity index (χ3v) is 21.7. The molecule has 0 amide bonds. The van der Waals surface area contributed by atoms with Crippen LogP contribution in [0.4, 0.5) is 0 Å². The predicted molar refractivity (Wildman–Crippen MR) is 166 cm³/mol. The number of hydrogen-bond donors (Lipinski definition) is 0. The molecule has 210 valence electrons. The minimum atomic E-state index is 0.0477. The van der Waals surface area contributed by atoms with Gasteiger partial charge in [-0.1, -0.05) is 63.8 Å². The Labute approximate surface area is 233 Å². The summed E-state index contributed by atoms with van der Waals surface area (Å²) in [6, 6.07) is 0. The first-order valence-electron chi connectivity index (χ1n) is 17.0. The summed E-state index contributed by atoms with van der Waals surface area (Å²) in [4.78, 5) is 0. The Morgan fingerprint density at radius 1 is 0.514 bits per heavy atom. The Kier molecular flexibility index (Phi) is 6.63. The minimum Gasteiger partial charge on any atom is -0.0954 e. The van der Waals surface area contributed by atoms with Crippen molar-refractivity contribution < 1.29 is 0 Å². The zero-order valence-electron chi connectivity index (χ0n) is 25.5. The van der Waals surface area contributed by atoms with E-state index in [9.17, 15) is 0 Å². The highest BCUT2D eigenvalue weighted by atomic mass is 31.1. The van der Waals surface area contributed by atoms with Gasteiger partial charge in [0.05, 0.1) is 0 Å². The van der Waals surface area contributed by atoms with Gasteiger partial charge in [-0.3, -0.25) is 0 Å². The molecule has 0 radical (unpaired) electrons. The molecular formula is C35H60P2. The minimum absolute atomic E-state index is 0.0477. The van der Waals surface area contributed by atoms with Crippen molar-refractivity contribution in [2.75, 3.05) is 12.3 Å². The van der Waals surface area contributed by atoms with Crippen LogP contribution >= 0.6 is 15.8 Å². The third kappa shape index (κ3) is 4.77. The lowest BCUT2D eigenvalue weighted by Gasteiger charge is -2.68. The molecule has 0 heterocycles. The maximum Gasteiger partial charge on any atom is -0.00814 e. The van der Waals surface area contributed by atoms with E-state index in [4.69, 9.17) is 0 Å². The second kappa shape index (κ2) is 9.18. The summed E-state index contributed by atoms with van der Waals surface area (Å²) >= 11 is 0. The van der Waals surface area contributed by atoms with E-state index in [2.05, 4.69) is 41.5 Å². The molecule has 9 aliphatic carbocycles. The van der Waals surface area contributed by atoms with E-state index >= 15 is 0 Å². The SMILES string of the molecule is CC(C)(C)P(CC1CCCC1CP(C12CC3CC(CC(C3)C1)C2)C12CC3CC(CC(C3)C1)C2)C(C)(C)C. The van der Waals surface area contributed by atoms with Crippen molar-refractivity contribution in [3.63, 3.8) is 0 Å². The van der Waals surface area contributed by atoms with Gasteiger partial charge in [0.2, 0.25) is 0 Å². The highest BCUT2D eigenvalue weighted by molar-refractivity contribution is 7.61. The van der Waals surface area contributed by atoms with Gasteiger partial charge in [-0.15, -0.1) is 0 Å². The lowest BCUT2D eigenvalue weighted by atomic mass is 9.55. The van der Waals surface area contributed by atoms with Crippen LogP contribution in [0.2, 0.25) is 0 Å². The van der Waals surface area contributed by atoms with E-state index in [1.807, 2.05) is 0 Å². The first-order chi connectivity index (χ1) is 17.4. The molecule has 0 N–H and O–H groups in total. The van der Waals surface area contributed by atoms with Crippen LogP contribution in [0.15, 0.2) is 0 Å². The van der Waals surface area contributed by atoms with E-state index in [1.54, 1.807) is 109 Å². The van der Waals surface area contributed by atoms with E-state index in [0.29, 0.717) is 10.3 Å². The van der Waals surface area contributed by atoms with Crippen molar-refractivity contribution in [2.24, 2.45) is 47.3 Å². The highest BCUT2D eigenvalue weighted by Crippen LogP contribution is 2.79. The van der Waals surface area contributed by atoms with Gasteiger partial charge >= 0.3 is 0 Å². The van der Waals surface area contributed by atoms with E-state index < -0.39 is 0 Å². The molecule has 0 nitrogen and oxygen atoms in total. The van der Waals surface area contributed by atoms with Gasteiger partial charge in [0.15, 0.2) is 0 Å². The molecule has 9 aliphatic rings. The van der Waals surface area contributed by atoms with E-state index in [-0.39, 0.29) is 15.8 Å². The molecule has 9 rings (SSSR count). The Bertz CT molecular complexity index is 729. The Balaban J connectivity index is 1.20. The Hall–Kier alpha value is 0.860. The Morgan fingerprint density at radius 2 is 0.838 bits per heavy atom. The van der Waals surface area contributed by atoms with Gasteiger partial charge in [-0.25, -0.2) is 0 Å². The van der Waals surface area contributed by atoms with Crippen molar-refractivity contribution >= 4 is 15.8 Å². The average Bonchev–Trinajstić information content (AvgIpc) is 3.19. The van der Waals surface area contributed by atoms with E-state index in [0.717, 1.165) is 57.7 Å². The summed E-state index contributed by atoms with van der Waals surface area (Å²) < 4.78 is 0. The first-order valence-corrected chi connectivity index (χ1v) is 20.0. The van der Waals surface area contributed by atoms with Crippen LogP contribution in [0, 0.1) is 47.3 Å². The molecule has 0 aromatic carbocycles. The molecule has 0 aromatic rings. The summed E-state index contributed by atoms with van der Waals surface area (Å²) in [5, 5.41) is 2.65. The molecular weight excluding hydrogens is 482 g/mol. The standard InChI is InChI=1S/C35H60P2/c1-32(2,3)36(33(4,5)6)22-30-8-7-9-31(30)23-37(34-16-24-10-25(17-34)12-26(11-24)18-34)35-19-27-13-28(20-35)15-29(14-27)21-35/h24-31H,7-23H2,1-6H3. The van der Waals surface area contributed by atoms with E-state index in [1.165, 1.54) is 0 Å². The lowest BCUT2D eigenvalue weighted by Crippen LogP contribution is -2.57. The van der Waals surface area contributed by atoms with Crippen LogP contribution in [0.5, 0.6) is 0 Å². The largest absolute Gasteiger partial charge is 0.0954 e. The molecule has 9 fully saturated rings. The van der Waals surface area contributed by atoms with Gasteiger partial charge in [0, 0.05) is 0 Å². The normalized spacial score (nSPS) is 49.4. The summed E-state index contributed by atoms with van der Waals surface area (Å²) in [7, 11) is 0.227. The molecule has 0 aromatic heterocycles. The van der Waals surface area contributed by atoms with Crippen LogP contribution in [-0.2, 0) is 0 Å². The van der Waals surface area contributed by atoms with Gasteiger partial charge < -0.3 is 0 Å². The van der Waals surface area contributed by atoms with Crippen molar-refractivity contribution in [1.82, 2.24) is 0 Å². The van der Waals surface area contributed by atoms with Crippen molar-refractivity contribution in [3.8, 4) is 0 Å². The molecule has 0 spiro atoms. The lowest BCUT2D eigenvalue weighted by molar-refractivity contribution is 0.0182. The molecule has 8 bridgehead atoms. The summed E-state index contributed by atoms with van der Waals surface area (Å²) in [6.45, 7) is 15.5. The summed E-state index contributed by atoms with van der Waals surface area (Å²) in [5.41, 5.74) is 0. The van der Waals surface area contributed by atoms with Gasteiger partial charge in [0.1, 0.15) is 0 Å². The third-order valence-electron chi connectivity index (χ3n) is 13.4. The quantitative estimate of drug-likeness (QED) is 0.293. The zero-order chi connectivity index (χ0) is 25.8. The van der Waals surface area contributed by atoms with Crippen LogP contribution in [-0.4, -0.2) is 32.9 Å².